The van der Waals surface area contributed by atoms with E-state index in [4.69, 9.17) is 32.5 Å². The maximum atomic E-state index is 11.2. The van der Waals surface area contributed by atoms with E-state index in [1.54, 1.807) is 14.7 Å². The standard InChI is InChI=1S/3C8H12N2O3.Fe/c3*9-8(13)6(11)5-7(12)10-3-1-2-4-10;/h3*5,11H,1-4H2,(H2,9,13);. The van der Waals surface area contributed by atoms with Crippen LogP contribution in [0.4, 0.5) is 0 Å². The fraction of sp³-hybridized carbons (Fsp3) is 0.500. The minimum absolute atomic E-state index is 0. The fourth-order valence-electron chi connectivity index (χ4n) is 3.65. The van der Waals surface area contributed by atoms with Crippen LogP contribution in [0.25, 0.3) is 0 Å². The molecular formula is C24H36FeN6O9. The van der Waals surface area contributed by atoms with Gasteiger partial charge in [0.25, 0.3) is 17.7 Å². The SMILES string of the molecule is NC(=O)C(O)=CC(=O)N1CCCC1.NC(=O)C(O)=CC(=O)N1CCCC1.NC(=O)C(O)=CC(=O)N1CCCC1.[Fe]. The van der Waals surface area contributed by atoms with E-state index in [-0.39, 0.29) is 34.8 Å². The van der Waals surface area contributed by atoms with Crippen molar-refractivity contribution in [3.8, 4) is 0 Å². The molecule has 3 fully saturated rings. The average molecular weight is 608 g/mol. The molecule has 15 nitrogen and oxygen atoms in total. The number of nitrogens with two attached hydrogens (primary N) is 3. The van der Waals surface area contributed by atoms with Gasteiger partial charge in [0.15, 0.2) is 17.3 Å². The van der Waals surface area contributed by atoms with Crippen molar-refractivity contribution in [1.82, 2.24) is 14.7 Å². The molecule has 6 amide bonds. The van der Waals surface area contributed by atoms with E-state index in [1.807, 2.05) is 0 Å². The van der Waals surface area contributed by atoms with E-state index in [0.29, 0.717) is 39.3 Å². The number of hydrogen-bond donors (Lipinski definition) is 6. The van der Waals surface area contributed by atoms with E-state index >= 15 is 0 Å². The first-order chi connectivity index (χ1) is 18.3. The molecule has 0 atom stereocenters. The Bertz CT molecular complexity index is 897. The van der Waals surface area contributed by atoms with Gasteiger partial charge in [-0.15, -0.1) is 0 Å². The summed E-state index contributed by atoms with van der Waals surface area (Å²) in [5, 5.41) is 26.7. The van der Waals surface area contributed by atoms with E-state index in [2.05, 4.69) is 0 Å². The van der Waals surface area contributed by atoms with Crippen molar-refractivity contribution in [3.05, 3.63) is 35.5 Å². The van der Waals surface area contributed by atoms with E-state index < -0.39 is 35.0 Å². The molecule has 0 aromatic heterocycles. The Kier molecular flexibility index (Phi) is 16.4. The minimum Gasteiger partial charge on any atom is -0.503 e. The number of primary amides is 3. The second kappa shape index (κ2) is 18.3. The van der Waals surface area contributed by atoms with Crippen LogP contribution < -0.4 is 17.2 Å². The number of carbonyl (C=O) groups excluding carboxylic acids is 6. The summed E-state index contributed by atoms with van der Waals surface area (Å²) in [5.41, 5.74) is 14.3. The maximum absolute atomic E-state index is 11.2. The van der Waals surface area contributed by atoms with Gasteiger partial charge in [0, 0.05) is 56.3 Å². The van der Waals surface area contributed by atoms with E-state index in [9.17, 15) is 28.8 Å². The Hall–Kier alpha value is -4.04. The number of aliphatic hydroxyl groups excluding tert-OH is 3. The third-order valence-corrected chi connectivity index (χ3v) is 5.79. The molecule has 3 heterocycles. The Balaban J connectivity index is 0.000000563. The summed E-state index contributed by atoms with van der Waals surface area (Å²) < 4.78 is 0. The monoisotopic (exact) mass is 608 g/mol. The first-order valence-corrected chi connectivity index (χ1v) is 12.3. The van der Waals surface area contributed by atoms with Crippen LogP contribution in [0.5, 0.6) is 0 Å². The molecule has 0 saturated carbocycles. The summed E-state index contributed by atoms with van der Waals surface area (Å²) in [6.45, 7) is 4.09. The van der Waals surface area contributed by atoms with Crippen LogP contribution in [0.1, 0.15) is 38.5 Å². The average Bonchev–Trinajstić information content (AvgIpc) is 3.67. The molecule has 3 saturated heterocycles. The zero-order valence-corrected chi connectivity index (χ0v) is 23.0. The topological polar surface area (TPSA) is 251 Å². The predicted octanol–water partition coefficient (Wildman–Crippen LogP) is -1.39. The van der Waals surface area contributed by atoms with Crippen LogP contribution in [0.15, 0.2) is 35.5 Å². The molecule has 0 bridgehead atoms. The number of likely N-dealkylation sites (tertiary alicyclic amines) is 3. The number of rotatable bonds is 6. The zero-order valence-electron chi connectivity index (χ0n) is 21.9. The summed E-state index contributed by atoms with van der Waals surface area (Å²) in [6, 6.07) is 0. The van der Waals surface area contributed by atoms with Crippen molar-refractivity contribution >= 4 is 35.4 Å². The summed E-state index contributed by atoms with van der Waals surface area (Å²) in [7, 11) is 0. The van der Waals surface area contributed by atoms with Gasteiger partial charge in [-0.2, -0.15) is 0 Å². The molecule has 0 unspecified atom stereocenters. The predicted molar refractivity (Wildman–Crippen MR) is 137 cm³/mol. The van der Waals surface area contributed by atoms with Gasteiger partial charge in [-0.05, 0) is 38.5 Å². The van der Waals surface area contributed by atoms with E-state index in [0.717, 1.165) is 56.8 Å². The van der Waals surface area contributed by atoms with Crippen LogP contribution in [-0.4, -0.2) is 105 Å². The van der Waals surface area contributed by atoms with Crippen molar-refractivity contribution in [3.63, 3.8) is 0 Å². The van der Waals surface area contributed by atoms with Gasteiger partial charge < -0.3 is 47.2 Å². The second-order valence-corrected chi connectivity index (χ2v) is 8.78. The third-order valence-electron chi connectivity index (χ3n) is 5.79. The largest absolute Gasteiger partial charge is 0.503 e. The van der Waals surface area contributed by atoms with Gasteiger partial charge in [-0.3, -0.25) is 28.8 Å². The second-order valence-electron chi connectivity index (χ2n) is 8.78. The molecule has 3 aliphatic rings. The molecular weight excluding hydrogens is 572 g/mol. The summed E-state index contributed by atoms with van der Waals surface area (Å²) >= 11 is 0. The van der Waals surface area contributed by atoms with Crippen molar-refractivity contribution in [1.29, 1.82) is 0 Å². The Morgan fingerprint density at radius 1 is 0.450 bits per heavy atom. The Labute approximate surface area is 241 Å². The van der Waals surface area contributed by atoms with Crippen molar-refractivity contribution in [2.45, 2.75) is 38.5 Å². The van der Waals surface area contributed by atoms with Gasteiger partial charge in [0.2, 0.25) is 17.7 Å². The first kappa shape index (κ1) is 36.0. The number of nitrogens with zero attached hydrogens (tertiary/aromatic N) is 3. The molecule has 224 valence electrons. The molecule has 0 aromatic carbocycles. The maximum Gasteiger partial charge on any atom is 0.283 e. The van der Waals surface area contributed by atoms with Gasteiger partial charge in [0.1, 0.15) is 0 Å². The molecule has 0 aliphatic carbocycles. The van der Waals surface area contributed by atoms with E-state index in [1.165, 1.54) is 0 Å². The van der Waals surface area contributed by atoms with Crippen molar-refractivity contribution in [2.24, 2.45) is 17.2 Å². The number of hydrogen-bond acceptors (Lipinski definition) is 9. The van der Waals surface area contributed by atoms with Crippen LogP contribution in [0, 0.1) is 0 Å². The zero-order chi connectivity index (χ0) is 29.5. The summed E-state index contributed by atoms with van der Waals surface area (Å²) in [5.74, 6) is -6.05. The van der Waals surface area contributed by atoms with Crippen LogP contribution in [-0.2, 0) is 45.8 Å². The smallest absolute Gasteiger partial charge is 0.283 e. The van der Waals surface area contributed by atoms with Crippen LogP contribution in [0.2, 0.25) is 0 Å². The molecule has 3 rings (SSSR count). The first-order valence-electron chi connectivity index (χ1n) is 12.3. The molecule has 0 spiro atoms. The number of carbonyl (C=O) groups is 6. The number of amides is 6. The molecule has 16 heteroatoms. The molecule has 40 heavy (non-hydrogen) atoms. The van der Waals surface area contributed by atoms with Crippen LogP contribution in [0.3, 0.4) is 0 Å². The van der Waals surface area contributed by atoms with Crippen molar-refractivity contribution in [2.75, 3.05) is 39.3 Å². The minimum atomic E-state index is -0.979. The van der Waals surface area contributed by atoms with Crippen LogP contribution >= 0.6 is 0 Å². The quantitative estimate of drug-likeness (QED) is 0.118. The van der Waals surface area contributed by atoms with Gasteiger partial charge in [0.05, 0.1) is 18.2 Å². The molecule has 9 N–H and O–H groups in total. The van der Waals surface area contributed by atoms with Gasteiger partial charge in [-0.25, -0.2) is 0 Å². The van der Waals surface area contributed by atoms with Gasteiger partial charge in [-0.1, -0.05) is 0 Å². The molecule has 0 radical (unpaired) electrons. The van der Waals surface area contributed by atoms with Gasteiger partial charge >= 0.3 is 0 Å². The third kappa shape index (κ3) is 13.2. The Morgan fingerprint density at radius 2 is 0.625 bits per heavy atom. The normalized spacial score (nSPS) is 17.1. The molecule has 3 aliphatic heterocycles. The summed E-state index contributed by atoms with van der Waals surface area (Å²) in [4.78, 5) is 69.6. The number of aliphatic hydroxyl groups is 3. The fourth-order valence-corrected chi connectivity index (χ4v) is 3.65. The summed E-state index contributed by atoms with van der Waals surface area (Å²) in [6.07, 6.45) is 8.42. The molecule has 0 aromatic rings. The van der Waals surface area contributed by atoms with Crippen molar-refractivity contribution < 1.29 is 61.2 Å². The Morgan fingerprint density at radius 3 is 0.775 bits per heavy atom.